The molecule has 0 bridgehead atoms. The molecule has 0 amide bonds. The highest BCUT2D eigenvalue weighted by Crippen LogP contribution is 2.34. The number of nitrogens with one attached hydrogen (secondary N) is 1. The first-order valence-electron chi connectivity index (χ1n) is 9.30. The Kier molecular flexibility index (Phi) is 4.52. The Labute approximate surface area is 184 Å². The molecule has 4 aromatic heterocycles. The number of aromatic carboxylic acids is 1. The maximum absolute atomic E-state index is 11.2. The predicted molar refractivity (Wildman–Crippen MR) is 121 cm³/mol. The zero-order valence-electron chi connectivity index (χ0n) is 16.0. The molecule has 9 heteroatoms. The van der Waals surface area contributed by atoms with Crippen molar-refractivity contribution in [2.24, 2.45) is 0 Å². The van der Waals surface area contributed by atoms with Crippen molar-refractivity contribution in [2.45, 2.75) is 0 Å². The van der Waals surface area contributed by atoms with Gasteiger partial charge < -0.3 is 15.8 Å². The van der Waals surface area contributed by atoms with Crippen LogP contribution in [-0.2, 0) is 0 Å². The SMILES string of the molecule is Nc1c(Br)c(-c2ccc(C(=O)O)[nH]2)nc2c(-c3ccc(-c4ccccc4)nc3)cnn12. The van der Waals surface area contributed by atoms with Crippen molar-refractivity contribution in [2.75, 3.05) is 5.73 Å². The predicted octanol–water partition coefficient (Wildman–Crippen LogP) is 4.50. The number of nitrogens with zero attached hydrogens (tertiary/aromatic N) is 4. The van der Waals surface area contributed by atoms with Gasteiger partial charge in [-0.2, -0.15) is 9.61 Å². The van der Waals surface area contributed by atoms with E-state index in [9.17, 15) is 9.90 Å². The van der Waals surface area contributed by atoms with Gasteiger partial charge >= 0.3 is 5.97 Å². The van der Waals surface area contributed by atoms with E-state index in [-0.39, 0.29) is 5.69 Å². The third-order valence-corrected chi connectivity index (χ3v) is 5.72. The van der Waals surface area contributed by atoms with Crippen LogP contribution in [0.15, 0.2) is 71.5 Å². The summed E-state index contributed by atoms with van der Waals surface area (Å²) in [4.78, 5) is 23.4. The van der Waals surface area contributed by atoms with Gasteiger partial charge in [0.1, 0.15) is 17.2 Å². The second kappa shape index (κ2) is 7.37. The third-order valence-electron chi connectivity index (χ3n) is 4.94. The van der Waals surface area contributed by atoms with Crippen molar-refractivity contribution >= 4 is 33.4 Å². The van der Waals surface area contributed by atoms with Crippen LogP contribution in [0.2, 0.25) is 0 Å². The molecule has 0 fully saturated rings. The number of aromatic amines is 1. The number of aromatic nitrogens is 5. The number of carboxylic acid groups (broad SMARTS) is 1. The van der Waals surface area contributed by atoms with E-state index in [4.69, 9.17) is 10.7 Å². The third kappa shape index (κ3) is 3.24. The van der Waals surface area contributed by atoms with Gasteiger partial charge in [-0.1, -0.05) is 36.4 Å². The van der Waals surface area contributed by atoms with E-state index < -0.39 is 5.97 Å². The summed E-state index contributed by atoms with van der Waals surface area (Å²) >= 11 is 3.46. The molecule has 8 nitrogen and oxygen atoms in total. The van der Waals surface area contributed by atoms with Crippen LogP contribution in [0.4, 0.5) is 5.82 Å². The van der Waals surface area contributed by atoms with Crippen LogP contribution in [0.5, 0.6) is 0 Å². The van der Waals surface area contributed by atoms with E-state index >= 15 is 0 Å². The monoisotopic (exact) mass is 474 g/mol. The normalized spacial score (nSPS) is 11.1. The molecule has 0 spiro atoms. The number of fused-ring (bicyclic) bond motifs is 1. The Morgan fingerprint density at radius 1 is 1.03 bits per heavy atom. The first-order chi connectivity index (χ1) is 15.0. The lowest BCUT2D eigenvalue weighted by Crippen LogP contribution is -2.04. The fraction of sp³-hybridized carbons (Fsp3) is 0. The summed E-state index contributed by atoms with van der Waals surface area (Å²) in [5, 5.41) is 13.6. The molecule has 0 saturated carbocycles. The van der Waals surface area contributed by atoms with Crippen molar-refractivity contribution in [3.63, 3.8) is 0 Å². The van der Waals surface area contributed by atoms with Gasteiger partial charge in [-0.05, 0) is 34.1 Å². The Morgan fingerprint density at radius 2 is 1.84 bits per heavy atom. The molecular weight excluding hydrogens is 460 g/mol. The molecule has 4 N–H and O–H groups in total. The van der Waals surface area contributed by atoms with Crippen LogP contribution in [0, 0.1) is 0 Å². The van der Waals surface area contributed by atoms with Crippen LogP contribution in [-0.4, -0.2) is 35.6 Å². The summed E-state index contributed by atoms with van der Waals surface area (Å²) in [5.41, 5.74) is 11.4. The molecule has 4 heterocycles. The number of benzene rings is 1. The number of halogens is 1. The fourth-order valence-corrected chi connectivity index (χ4v) is 3.84. The molecule has 5 aromatic rings. The topological polar surface area (TPSA) is 122 Å². The molecule has 0 aliphatic rings. The number of H-pyrrole nitrogens is 1. The maximum atomic E-state index is 11.2. The molecule has 31 heavy (non-hydrogen) atoms. The van der Waals surface area contributed by atoms with Gasteiger partial charge in [-0.15, -0.1) is 0 Å². The standard InChI is InChI=1S/C22H15BrN6O2/c23-18-19(16-8-9-17(27-16)22(30)31)28-21-14(11-26-29(21)20(18)24)13-6-7-15(25-10-13)12-4-2-1-3-5-12/h1-11,27H,24H2,(H,30,31). The average molecular weight is 475 g/mol. The Bertz CT molecular complexity index is 1420. The van der Waals surface area contributed by atoms with E-state index in [0.29, 0.717) is 27.3 Å². The minimum Gasteiger partial charge on any atom is -0.477 e. The number of hydrogen-bond donors (Lipinski definition) is 3. The zero-order chi connectivity index (χ0) is 21.5. The zero-order valence-corrected chi connectivity index (χ0v) is 17.5. The molecule has 152 valence electrons. The molecule has 0 radical (unpaired) electrons. The Morgan fingerprint density at radius 3 is 2.52 bits per heavy atom. The largest absolute Gasteiger partial charge is 0.477 e. The fourth-order valence-electron chi connectivity index (χ4n) is 3.37. The minimum atomic E-state index is -1.05. The van der Waals surface area contributed by atoms with E-state index in [2.05, 4.69) is 31.0 Å². The van der Waals surface area contributed by atoms with Gasteiger partial charge in [0.15, 0.2) is 5.65 Å². The Balaban J connectivity index is 1.62. The van der Waals surface area contributed by atoms with Gasteiger partial charge in [-0.3, -0.25) is 4.98 Å². The molecule has 1 aromatic carbocycles. The van der Waals surface area contributed by atoms with Gasteiger partial charge in [0, 0.05) is 22.9 Å². The molecule has 0 unspecified atom stereocenters. The number of rotatable bonds is 4. The summed E-state index contributed by atoms with van der Waals surface area (Å²) in [6.07, 6.45) is 3.46. The van der Waals surface area contributed by atoms with Crippen LogP contribution in [0.1, 0.15) is 10.5 Å². The first kappa shape index (κ1) is 19.0. The number of hydrogen-bond acceptors (Lipinski definition) is 5. The smallest absolute Gasteiger partial charge is 0.352 e. The van der Waals surface area contributed by atoms with Gasteiger partial charge in [0.2, 0.25) is 0 Å². The highest BCUT2D eigenvalue weighted by atomic mass is 79.9. The van der Waals surface area contributed by atoms with Gasteiger partial charge in [-0.25, -0.2) is 9.78 Å². The molecule has 0 aliphatic carbocycles. The van der Waals surface area contributed by atoms with Crippen molar-refractivity contribution in [1.29, 1.82) is 0 Å². The number of carbonyl (C=O) groups is 1. The Hall–Kier alpha value is -3.98. The first-order valence-corrected chi connectivity index (χ1v) is 10.1. The summed E-state index contributed by atoms with van der Waals surface area (Å²) < 4.78 is 2.06. The number of pyridine rings is 1. The van der Waals surface area contributed by atoms with Crippen LogP contribution in [0.3, 0.4) is 0 Å². The van der Waals surface area contributed by atoms with Crippen molar-refractivity contribution in [3.05, 3.63) is 77.2 Å². The summed E-state index contributed by atoms with van der Waals surface area (Å²) in [5.74, 6) is -0.697. The van der Waals surface area contributed by atoms with Gasteiger partial charge in [0.25, 0.3) is 0 Å². The number of nitrogens with two attached hydrogens (primary N) is 1. The van der Waals surface area contributed by atoms with Gasteiger partial charge in [0.05, 0.1) is 22.1 Å². The lowest BCUT2D eigenvalue weighted by molar-refractivity contribution is 0.0691. The molecule has 0 saturated heterocycles. The van der Waals surface area contributed by atoms with Crippen molar-refractivity contribution in [1.82, 2.24) is 24.6 Å². The summed E-state index contributed by atoms with van der Waals surface area (Å²) in [6, 6.07) is 17.0. The number of carboxylic acids is 1. The molecule has 0 aliphatic heterocycles. The molecule has 0 atom stereocenters. The average Bonchev–Trinajstić information content (AvgIpc) is 3.45. The van der Waals surface area contributed by atoms with Crippen LogP contribution < -0.4 is 5.73 Å². The van der Waals surface area contributed by atoms with Crippen LogP contribution >= 0.6 is 15.9 Å². The van der Waals surface area contributed by atoms with E-state index in [1.54, 1.807) is 18.5 Å². The second-order valence-corrected chi connectivity index (χ2v) is 7.64. The molecular formula is C22H15BrN6O2. The van der Waals surface area contributed by atoms with Crippen LogP contribution in [0.25, 0.3) is 39.4 Å². The number of anilines is 1. The van der Waals surface area contributed by atoms with E-state index in [1.807, 2.05) is 42.5 Å². The lowest BCUT2D eigenvalue weighted by Gasteiger charge is -2.08. The second-order valence-electron chi connectivity index (χ2n) is 6.84. The highest BCUT2D eigenvalue weighted by molar-refractivity contribution is 9.10. The summed E-state index contributed by atoms with van der Waals surface area (Å²) in [6.45, 7) is 0. The number of nitrogen functional groups attached to an aromatic ring is 1. The minimum absolute atomic E-state index is 0.0663. The molecule has 5 rings (SSSR count). The van der Waals surface area contributed by atoms with Crippen molar-refractivity contribution in [3.8, 4) is 33.8 Å². The lowest BCUT2D eigenvalue weighted by atomic mass is 10.1. The summed E-state index contributed by atoms with van der Waals surface area (Å²) in [7, 11) is 0. The highest BCUT2D eigenvalue weighted by Gasteiger charge is 2.19. The van der Waals surface area contributed by atoms with E-state index in [0.717, 1.165) is 22.4 Å². The van der Waals surface area contributed by atoms with E-state index in [1.165, 1.54) is 10.6 Å². The quantitative estimate of drug-likeness (QED) is 0.352. The maximum Gasteiger partial charge on any atom is 0.352 e. The van der Waals surface area contributed by atoms with Crippen molar-refractivity contribution < 1.29 is 9.90 Å².